The number of halogens is 1. The van der Waals surface area contributed by atoms with Crippen molar-refractivity contribution >= 4 is 29.9 Å². The Morgan fingerprint density at radius 3 is 2.54 bits per heavy atom. The zero-order valence-electron chi connectivity index (χ0n) is 16.4. The maximum Gasteiger partial charge on any atom is 0.191 e. The third kappa shape index (κ3) is 9.19. The summed E-state index contributed by atoms with van der Waals surface area (Å²) < 4.78 is 6.05. The molecule has 1 aromatic carbocycles. The zero-order chi connectivity index (χ0) is 17.9. The monoisotopic (exact) mass is 474 g/mol. The van der Waals surface area contributed by atoms with Crippen molar-refractivity contribution in [1.82, 2.24) is 15.5 Å². The molecule has 0 bridgehead atoms. The molecule has 5 nitrogen and oxygen atoms in total. The second-order valence-electron chi connectivity index (χ2n) is 6.98. The summed E-state index contributed by atoms with van der Waals surface area (Å²) in [6.45, 7) is 9.24. The number of nitrogens with one attached hydrogen (secondary N) is 2. The number of likely N-dealkylation sites (tertiary alicyclic amines) is 1. The largest absolute Gasteiger partial charge is 0.378 e. The molecule has 0 atom stereocenters. The molecule has 26 heavy (non-hydrogen) atoms. The molecule has 1 saturated heterocycles. The lowest BCUT2D eigenvalue weighted by Gasteiger charge is -2.32. The van der Waals surface area contributed by atoms with Gasteiger partial charge in [-0.15, -0.1) is 24.0 Å². The molecule has 148 valence electrons. The SMILES string of the molecule is CN=C(NCCCOC1CCN(Cc2ccccc2)CC1)NC(C)C.I. The molecule has 0 aromatic heterocycles. The number of aliphatic imine (C=N–C) groups is 1. The summed E-state index contributed by atoms with van der Waals surface area (Å²) in [7, 11) is 1.80. The normalized spacial score (nSPS) is 16.4. The summed E-state index contributed by atoms with van der Waals surface area (Å²) in [5, 5.41) is 6.61. The average Bonchev–Trinajstić information content (AvgIpc) is 2.62. The van der Waals surface area contributed by atoms with Gasteiger partial charge in [0.1, 0.15) is 0 Å². The van der Waals surface area contributed by atoms with Crippen molar-refractivity contribution in [2.45, 2.75) is 51.8 Å². The summed E-state index contributed by atoms with van der Waals surface area (Å²) in [6.07, 6.45) is 3.69. The maximum atomic E-state index is 6.05. The summed E-state index contributed by atoms with van der Waals surface area (Å²) in [6, 6.07) is 11.1. The van der Waals surface area contributed by atoms with Crippen molar-refractivity contribution in [2.75, 3.05) is 33.3 Å². The lowest BCUT2D eigenvalue weighted by atomic mass is 10.1. The van der Waals surface area contributed by atoms with Crippen LogP contribution in [-0.4, -0.2) is 56.3 Å². The minimum atomic E-state index is 0. The highest BCUT2D eigenvalue weighted by molar-refractivity contribution is 14.0. The van der Waals surface area contributed by atoms with E-state index >= 15 is 0 Å². The second-order valence-corrected chi connectivity index (χ2v) is 6.98. The van der Waals surface area contributed by atoms with Crippen molar-refractivity contribution in [2.24, 2.45) is 4.99 Å². The number of benzene rings is 1. The molecule has 2 N–H and O–H groups in total. The van der Waals surface area contributed by atoms with Crippen molar-refractivity contribution in [3.63, 3.8) is 0 Å². The summed E-state index contributed by atoms with van der Waals surface area (Å²) in [4.78, 5) is 6.73. The summed E-state index contributed by atoms with van der Waals surface area (Å²) >= 11 is 0. The topological polar surface area (TPSA) is 48.9 Å². The molecule has 0 amide bonds. The van der Waals surface area contributed by atoms with Gasteiger partial charge in [-0.3, -0.25) is 9.89 Å². The Hall–Kier alpha value is -0.860. The summed E-state index contributed by atoms with van der Waals surface area (Å²) in [5.41, 5.74) is 1.40. The molecular weight excluding hydrogens is 439 g/mol. The highest BCUT2D eigenvalue weighted by atomic mass is 127. The van der Waals surface area contributed by atoms with E-state index in [4.69, 9.17) is 4.74 Å². The average molecular weight is 474 g/mol. The first-order valence-corrected chi connectivity index (χ1v) is 9.52. The van der Waals surface area contributed by atoms with Crippen molar-refractivity contribution < 1.29 is 4.74 Å². The second kappa shape index (κ2) is 13.3. The van der Waals surface area contributed by atoms with Gasteiger partial charge in [0.2, 0.25) is 0 Å². The molecule has 0 spiro atoms. The van der Waals surface area contributed by atoms with Gasteiger partial charge < -0.3 is 15.4 Å². The van der Waals surface area contributed by atoms with Crippen LogP contribution in [0.1, 0.15) is 38.7 Å². The standard InChI is InChI=1S/C20H34N4O.HI/c1-17(2)23-20(21-3)22-12-7-15-25-19-10-13-24(14-11-19)16-18-8-5-4-6-9-18;/h4-6,8-9,17,19H,7,10-16H2,1-3H3,(H2,21,22,23);1H. The fraction of sp³-hybridized carbons (Fsp3) is 0.650. The van der Waals surface area contributed by atoms with Crippen LogP contribution in [0.15, 0.2) is 35.3 Å². The number of nitrogens with zero attached hydrogens (tertiary/aromatic N) is 2. The molecule has 1 heterocycles. The number of piperidine rings is 1. The van der Waals surface area contributed by atoms with E-state index in [1.165, 1.54) is 5.56 Å². The number of guanidine groups is 1. The Morgan fingerprint density at radius 1 is 1.23 bits per heavy atom. The Bertz CT molecular complexity index is 502. The van der Waals surface area contributed by atoms with Gasteiger partial charge in [-0.05, 0) is 38.7 Å². The predicted octanol–water partition coefficient (Wildman–Crippen LogP) is 3.25. The number of hydrogen-bond donors (Lipinski definition) is 2. The molecule has 2 rings (SSSR count). The van der Waals surface area contributed by atoms with Gasteiger partial charge in [-0.2, -0.15) is 0 Å². The molecule has 1 aliphatic rings. The van der Waals surface area contributed by atoms with Gasteiger partial charge in [-0.1, -0.05) is 30.3 Å². The van der Waals surface area contributed by atoms with Crippen LogP contribution < -0.4 is 10.6 Å². The highest BCUT2D eigenvalue weighted by Crippen LogP contribution is 2.16. The van der Waals surface area contributed by atoms with Crippen molar-refractivity contribution in [1.29, 1.82) is 0 Å². The van der Waals surface area contributed by atoms with Crippen LogP contribution in [0, 0.1) is 0 Å². The third-order valence-electron chi connectivity index (χ3n) is 4.40. The van der Waals surface area contributed by atoms with Gasteiger partial charge in [0.15, 0.2) is 5.96 Å². The summed E-state index contributed by atoms with van der Waals surface area (Å²) in [5.74, 6) is 0.865. The molecule has 1 fully saturated rings. The van der Waals surface area contributed by atoms with Crippen LogP contribution in [0.4, 0.5) is 0 Å². The Labute approximate surface area is 176 Å². The Morgan fingerprint density at radius 2 is 1.92 bits per heavy atom. The zero-order valence-corrected chi connectivity index (χ0v) is 18.7. The molecule has 1 aliphatic heterocycles. The molecule has 0 unspecified atom stereocenters. The lowest BCUT2D eigenvalue weighted by molar-refractivity contribution is 0.00534. The molecule has 0 aliphatic carbocycles. The van der Waals surface area contributed by atoms with E-state index < -0.39 is 0 Å². The van der Waals surface area contributed by atoms with Gasteiger partial charge in [0, 0.05) is 45.9 Å². The quantitative estimate of drug-likeness (QED) is 0.263. The third-order valence-corrected chi connectivity index (χ3v) is 4.40. The smallest absolute Gasteiger partial charge is 0.191 e. The van der Waals surface area contributed by atoms with Gasteiger partial charge in [-0.25, -0.2) is 0 Å². The Balaban J connectivity index is 0.00000338. The van der Waals surface area contributed by atoms with Crippen LogP contribution in [0.3, 0.4) is 0 Å². The van der Waals surface area contributed by atoms with Crippen LogP contribution in [0.2, 0.25) is 0 Å². The van der Waals surface area contributed by atoms with Crippen LogP contribution in [0.5, 0.6) is 0 Å². The number of ether oxygens (including phenoxy) is 1. The number of hydrogen-bond acceptors (Lipinski definition) is 3. The van der Waals surface area contributed by atoms with E-state index in [1.54, 1.807) is 7.05 Å². The highest BCUT2D eigenvalue weighted by Gasteiger charge is 2.19. The van der Waals surface area contributed by atoms with E-state index in [-0.39, 0.29) is 24.0 Å². The molecular formula is C20H35IN4O. The van der Waals surface area contributed by atoms with E-state index in [1.807, 2.05) is 0 Å². The fourth-order valence-electron chi connectivity index (χ4n) is 3.07. The van der Waals surface area contributed by atoms with Crippen molar-refractivity contribution in [3.05, 3.63) is 35.9 Å². The first-order valence-electron chi connectivity index (χ1n) is 9.52. The maximum absolute atomic E-state index is 6.05. The Kier molecular flexibility index (Phi) is 11.9. The van der Waals surface area contributed by atoms with Gasteiger partial charge in [0.25, 0.3) is 0 Å². The van der Waals surface area contributed by atoms with E-state index in [0.717, 1.165) is 58.0 Å². The van der Waals surface area contributed by atoms with E-state index in [2.05, 4.69) is 64.7 Å². The predicted molar refractivity (Wildman–Crippen MR) is 120 cm³/mol. The minimum absolute atomic E-state index is 0. The van der Waals surface area contributed by atoms with E-state index in [9.17, 15) is 0 Å². The van der Waals surface area contributed by atoms with Crippen LogP contribution in [0.25, 0.3) is 0 Å². The van der Waals surface area contributed by atoms with Crippen LogP contribution in [-0.2, 0) is 11.3 Å². The van der Waals surface area contributed by atoms with Crippen molar-refractivity contribution in [3.8, 4) is 0 Å². The molecule has 0 radical (unpaired) electrons. The fourth-order valence-corrected chi connectivity index (χ4v) is 3.07. The van der Waals surface area contributed by atoms with E-state index in [0.29, 0.717) is 12.1 Å². The van der Waals surface area contributed by atoms with Gasteiger partial charge in [0.05, 0.1) is 6.10 Å². The molecule has 1 aromatic rings. The minimum Gasteiger partial charge on any atom is -0.378 e. The lowest BCUT2D eigenvalue weighted by Crippen LogP contribution is -2.41. The van der Waals surface area contributed by atoms with Gasteiger partial charge >= 0.3 is 0 Å². The van der Waals surface area contributed by atoms with Crippen LogP contribution >= 0.6 is 24.0 Å². The number of rotatable bonds is 8. The first-order chi connectivity index (χ1) is 12.2. The molecule has 0 saturated carbocycles. The molecule has 6 heteroatoms. The first kappa shape index (κ1) is 23.2.